The molecule has 1 fully saturated rings. The largest absolute Gasteiger partial charge is 0.355 e. The van der Waals surface area contributed by atoms with E-state index in [2.05, 4.69) is 5.32 Å². The summed E-state index contributed by atoms with van der Waals surface area (Å²) >= 11 is 1.57. The van der Waals surface area contributed by atoms with Gasteiger partial charge in [0.1, 0.15) is 11.1 Å². The highest BCUT2D eigenvalue weighted by molar-refractivity contribution is 7.10. The number of aromatic nitrogens is 1. The second-order valence-electron chi connectivity index (χ2n) is 7.34. The Balaban J connectivity index is 2.01. The Kier molecular flexibility index (Phi) is 6.34. The molecule has 1 aliphatic rings. The van der Waals surface area contributed by atoms with Crippen LogP contribution in [0.15, 0.2) is 34.7 Å². The number of nitrogens with zero attached hydrogens (tertiary/aromatic N) is 2. The van der Waals surface area contributed by atoms with Crippen LogP contribution in [0.2, 0.25) is 0 Å². The molecule has 150 valence electrons. The molecule has 0 spiro atoms. The van der Waals surface area contributed by atoms with Gasteiger partial charge < -0.3 is 14.8 Å². The van der Waals surface area contributed by atoms with Gasteiger partial charge in [0.25, 0.3) is 11.8 Å². The molecular formula is C21H27N3O3S. The maximum absolute atomic E-state index is 13.2. The third-order valence-electron chi connectivity index (χ3n) is 5.60. The van der Waals surface area contributed by atoms with Gasteiger partial charge in [-0.05, 0) is 31.2 Å². The highest BCUT2D eigenvalue weighted by Crippen LogP contribution is 2.29. The van der Waals surface area contributed by atoms with Gasteiger partial charge in [-0.15, -0.1) is 11.3 Å². The number of thiophene rings is 1. The molecule has 1 aliphatic carbocycles. The van der Waals surface area contributed by atoms with E-state index in [0.717, 1.165) is 30.6 Å². The molecule has 2 aromatic heterocycles. The number of carbonyl (C=O) groups excluding carboxylic acids is 2. The molecule has 3 rings (SSSR count). The number of hydrogen-bond acceptors (Lipinski definition) is 4. The van der Waals surface area contributed by atoms with Crippen molar-refractivity contribution in [2.75, 3.05) is 14.1 Å². The summed E-state index contributed by atoms with van der Waals surface area (Å²) in [6.45, 7) is 1.94. The average molecular weight is 402 g/mol. The quantitative estimate of drug-likeness (QED) is 0.832. The van der Waals surface area contributed by atoms with E-state index < -0.39 is 11.3 Å². The van der Waals surface area contributed by atoms with Crippen LogP contribution in [0.1, 0.15) is 76.7 Å². The van der Waals surface area contributed by atoms with Crippen LogP contribution in [0.5, 0.6) is 0 Å². The Hall–Kier alpha value is -2.41. The lowest BCUT2D eigenvalue weighted by Crippen LogP contribution is -2.37. The smallest absolute Gasteiger partial charge is 0.259 e. The minimum Gasteiger partial charge on any atom is -0.355 e. The number of amides is 2. The molecule has 0 bridgehead atoms. The molecule has 28 heavy (non-hydrogen) atoms. The van der Waals surface area contributed by atoms with Crippen molar-refractivity contribution in [2.45, 2.75) is 51.1 Å². The van der Waals surface area contributed by atoms with Crippen molar-refractivity contribution in [3.05, 3.63) is 56.1 Å². The fourth-order valence-electron chi connectivity index (χ4n) is 3.72. The van der Waals surface area contributed by atoms with Crippen molar-refractivity contribution >= 4 is 23.2 Å². The maximum Gasteiger partial charge on any atom is 0.259 e. The van der Waals surface area contributed by atoms with E-state index in [-0.39, 0.29) is 29.1 Å². The monoisotopic (exact) mass is 401 g/mol. The molecule has 0 aliphatic heterocycles. The molecule has 1 atom stereocenters. The van der Waals surface area contributed by atoms with E-state index in [4.69, 9.17) is 0 Å². The zero-order valence-electron chi connectivity index (χ0n) is 16.6. The van der Waals surface area contributed by atoms with Crippen LogP contribution in [-0.4, -0.2) is 35.4 Å². The van der Waals surface area contributed by atoms with Gasteiger partial charge in [0.05, 0.1) is 6.04 Å². The Labute approximate surface area is 169 Å². The van der Waals surface area contributed by atoms with Crippen LogP contribution in [-0.2, 0) is 0 Å². The van der Waals surface area contributed by atoms with Crippen LogP contribution < -0.4 is 10.7 Å². The van der Waals surface area contributed by atoms with E-state index >= 15 is 0 Å². The van der Waals surface area contributed by atoms with Crippen LogP contribution in [0, 0.1) is 0 Å². The molecule has 0 unspecified atom stereocenters. The Bertz CT molecular complexity index is 898. The number of carbonyl (C=O) groups is 2. The van der Waals surface area contributed by atoms with Gasteiger partial charge in [-0.3, -0.25) is 14.4 Å². The zero-order chi connectivity index (χ0) is 20.3. The summed E-state index contributed by atoms with van der Waals surface area (Å²) in [5.41, 5.74) is -0.435. The van der Waals surface area contributed by atoms with Crippen molar-refractivity contribution < 1.29 is 9.59 Å². The van der Waals surface area contributed by atoms with Crippen molar-refractivity contribution in [2.24, 2.45) is 0 Å². The van der Waals surface area contributed by atoms with Crippen LogP contribution in [0.3, 0.4) is 0 Å². The maximum atomic E-state index is 13.2. The third kappa shape index (κ3) is 4.04. The van der Waals surface area contributed by atoms with E-state index in [1.807, 2.05) is 29.0 Å². The summed E-state index contributed by atoms with van der Waals surface area (Å²) in [6.07, 6.45) is 8.67. The zero-order valence-corrected chi connectivity index (χ0v) is 17.4. The van der Waals surface area contributed by atoms with Gasteiger partial charge in [0.2, 0.25) is 5.43 Å². The predicted octanol–water partition coefficient (Wildman–Crippen LogP) is 3.61. The van der Waals surface area contributed by atoms with E-state index in [9.17, 15) is 14.4 Å². The van der Waals surface area contributed by atoms with Crippen LogP contribution in [0.4, 0.5) is 0 Å². The lowest BCUT2D eigenvalue weighted by molar-refractivity contribution is 0.0742. The molecule has 6 nitrogen and oxygen atoms in total. The van der Waals surface area contributed by atoms with E-state index in [0.29, 0.717) is 0 Å². The van der Waals surface area contributed by atoms with E-state index in [1.165, 1.54) is 13.5 Å². The second-order valence-corrected chi connectivity index (χ2v) is 8.32. The molecule has 0 aromatic carbocycles. The first-order chi connectivity index (χ1) is 13.4. The summed E-state index contributed by atoms with van der Waals surface area (Å²) in [4.78, 5) is 41.0. The summed E-state index contributed by atoms with van der Waals surface area (Å²) in [7, 11) is 3.19. The lowest BCUT2D eigenvalue weighted by Gasteiger charge is -2.27. The highest BCUT2D eigenvalue weighted by atomic mass is 32.1. The summed E-state index contributed by atoms with van der Waals surface area (Å²) in [5, 5.41) is 4.48. The Morgan fingerprint density at radius 3 is 2.50 bits per heavy atom. The first-order valence-electron chi connectivity index (χ1n) is 9.72. The van der Waals surface area contributed by atoms with Crippen molar-refractivity contribution in [1.29, 1.82) is 0 Å². The minimum atomic E-state index is -0.512. The first-order valence-corrected chi connectivity index (χ1v) is 10.6. The second kappa shape index (κ2) is 8.73. The normalized spacial score (nSPS) is 15.8. The number of nitrogens with one attached hydrogen (secondary N) is 1. The minimum absolute atomic E-state index is 0.0242. The fourth-order valence-corrected chi connectivity index (χ4v) is 4.55. The Morgan fingerprint density at radius 1 is 1.21 bits per heavy atom. The molecule has 0 radical (unpaired) electrons. The predicted molar refractivity (Wildman–Crippen MR) is 111 cm³/mol. The number of rotatable bonds is 5. The molecule has 1 N–H and O–H groups in total. The standard InChI is InChI=1S/C21H27N3O3S/c1-14(18-10-7-11-28-18)23(3)21(27)17-13-24(15-8-5-4-6-9-15)12-16(19(17)25)20(26)22-2/h7,10-15H,4-6,8-9H2,1-3H3,(H,22,26)/t14-/m0/s1. The molecular weight excluding hydrogens is 374 g/mol. The van der Waals surface area contributed by atoms with Crippen LogP contribution in [0.25, 0.3) is 0 Å². The summed E-state index contributed by atoms with van der Waals surface area (Å²) in [5.74, 6) is -0.820. The SMILES string of the molecule is CNC(=O)c1cn(C2CCCCC2)cc(C(=O)N(C)[C@@H](C)c2cccs2)c1=O. The summed E-state index contributed by atoms with van der Waals surface area (Å²) < 4.78 is 1.90. The summed E-state index contributed by atoms with van der Waals surface area (Å²) in [6, 6.07) is 3.97. The number of hydrogen-bond donors (Lipinski definition) is 1. The van der Waals surface area contributed by atoms with Gasteiger partial charge in [0, 0.05) is 37.4 Å². The van der Waals surface area contributed by atoms with Crippen molar-refractivity contribution in [1.82, 2.24) is 14.8 Å². The van der Waals surface area contributed by atoms with Crippen LogP contribution >= 0.6 is 11.3 Å². The first kappa shape index (κ1) is 20.3. The molecule has 2 amide bonds. The third-order valence-corrected chi connectivity index (χ3v) is 6.64. The van der Waals surface area contributed by atoms with Gasteiger partial charge in [-0.2, -0.15) is 0 Å². The van der Waals surface area contributed by atoms with Crippen molar-refractivity contribution in [3.63, 3.8) is 0 Å². The fraction of sp³-hybridized carbons (Fsp3) is 0.476. The Morgan fingerprint density at radius 2 is 1.89 bits per heavy atom. The van der Waals surface area contributed by atoms with Crippen molar-refractivity contribution in [3.8, 4) is 0 Å². The van der Waals surface area contributed by atoms with Gasteiger partial charge >= 0.3 is 0 Å². The van der Waals surface area contributed by atoms with Gasteiger partial charge in [0.15, 0.2) is 0 Å². The van der Waals surface area contributed by atoms with Gasteiger partial charge in [-0.1, -0.05) is 25.3 Å². The molecule has 2 heterocycles. The highest BCUT2D eigenvalue weighted by Gasteiger charge is 2.26. The van der Waals surface area contributed by atoms with Gasteiger partial charge in [-0.25, -0.2) is 0 Å². The van der Waals surface area contributed by atoms with E-state index in [1.54, 1.807) is 35.7 Å². The molecule has 2 aromatic rings. The molecule has 7 heteroatoms. The average Bonchev–Trinajstić information content (AvgIpc) is 3.27. The molecule has 1 saturated carbocycles. The lowest BCUT2D eigenvalue weighted by atomic mass is 9.95. The number of pyridine rings is 1. The molecule has 0 saturated heterocycles. The topological polar surface area (TPSA) is 71.4 Å².